The lowest BCUT2D eigenvalue weighted by Gasteiger charge is -2.36. The first kappa shape index (κ1) is 19.0. The number of hydrogen-bond acceptors (Lipinski definition) is 5. The highest BCUT2D eigenvalue weighted by Crippen LogP contribution is 2.22. The molecule has 0 spiro atoms. The molecule has 0 bridgehead atoms. The van der Waals surface area contributed by atoms with Gasteiger partial charge in [0.1, 0.15) is 11.5 Å². The molecule has 4 rings (SSSR count). The van der Waals surface area contributed by atoms with Crippen LogP contribution in [0.15, 0.2) is 36.7 Å². The summed E-state index contributed by atoms with van der Waals surface area (Å²) in [5.41, 5.74) is 1.59. The van der Waals surface area contributed by atoms with Crippen molar-refractivity contribution in [2.24, 2.45) is 5.92 Å². The fraction of sp³-hybridized carbons (Fsp3) is 0.476. The molecule has 0 radical (unpaired) electrons. The van der Waals surface area contributed by atoms with Gasteiger partial charge >= 0.3 is 0 Å². The number of benzene rings is 1. The highest BCUT2D eigenvalue weighted by molar-refractivity contribution is 6.30. The summed E-state index contributed by atoms with van der Waals surface area (Å²) in [6.45, 7) is 7.34. The predicted octanol–water partition coefficient (Wildman–Crippen LogP) is 3.33. The fourth-order valence-corrected chi connectivity index (χ4v) is 4.18. The SMILES string of the molecule is CC1CCCN(C(=O)c2cnc(N3CCN(c4cccc(Cl)c4)CC3)cn2)C1. The molecule has 0 N–H and O–H groups in total. The van der Waals surface area contributed by atoms with Crippen molar-refractivity contribution in [3.8, 4) is 0 Å². The Morgan fingerprint density at radius 3 is 2.54 bits per heavy atom. The van der Waals surface area contributed by atoms with Crippen molar-refractivity contribution in [1.29, 1.82) is 0 Å². The van der Waals surface area contributed by atoms with Crippen molar-refractivity contribution in [2.45, 2.75) is 19.8 Å². The molecule has 7 heteroatoms. The van der Waals surface area contributed by atoms with Gasteiger partial charge in [-0.2, -0.15) is 0 Å². The summed E-state index contributed by atoms with van der Waals surface area (Å²) in [5.74, 6) is 1.38. The molecule has 1 aromatic carbocycles. The van der Waals surface area contributed by atoms with Gasteiger partial charge in [0.15, 0.2) is 0 Å². The largest absolute Gasteiger partial charge is 0.368 e. The minimum Gasteiger partial charge on any atom is -0.368 e. The molecule has 2 aromatic rings. The Morgan fingerprint density at radius 2 is 1.86 bits per heavy atom. The highest BCUT2D eigenvalue weighted by atomic mass is 35.5. The van der Waals surface area contributed by atoms with E-state index in [4.69, 9.17) is 11.6 Å². The Labute approximate surface area is 171 Å². The summed E-state index contributed by atoms with van der Waals surface area (Å²) in [7, 11) is 0. The first-order valence-corrected chi connectivity index (χ1v) is 10.3. The second-order valence-corrected chi connectivity index (χ2v) is 8.15. The number of anilines is 2. The van der Waals surface area contributed by atoms with Gasteiger partial charge in [-0.3, -0.25) is 4.79 Å². The number of amides is 1. The molecular weight excluding hydrogens is 374 g/mol. The maximum Gasteiger partial charge on any atom is 0.274 e. The van der Waals surface area contributed by atoms with E-state index in [1.165, 1.54) is 6.42 Å². The third-order valence-corrected chi connectivity index (χ3v) is 5.81. The van der Waals surface area contributed by atoms with Crippen LogP contribution in [-0.2, 0) is 0 Å². The number of nitrogens with zero attached hydrogens (tertiary/aromatic N) is 5. The Bertz CT molecular complexity index is 820. The molecule has 1 aromatic heterocycles. The van der Waals surface area contributed by atoms with Gasteiger partial charge in [-0.25, -0.2) is 9.97 Å². The van der Waals surface area contributed by atoms with Gasteiger partial charge in [-0.05, 0) is 37.0 Å². The van der Waals surface area contributed by atoms with E-state index < -0.39 is 0 Å². The maximum atomic E-state index is 12.7. The fourth-order valence-electron chi connectivity index (χ4n) is 4.00. The lowest BCUT2D eigenvalue weighted by molar-refractivity contribution is 0.0676. The van der Waals surface area contributed by atoms with Crippen molar-refractivity contribution in [3.63, 3.8) is 0 Å². The third kappa shape index (κ3) is 4.22. The molecule has 3 heterocycles. The average Bonchev–Trinajstić information content (AvgIpc) is 2.73. The van der Waals surface area contributed by atoms with Crippen LogP contribution in [0, 0.1) is 5.92 Å². The first-order chi connectivity index (χ1) is 13.6. The van der Waals surface area contributed by atoms with E-state index in [1.807, 2.05) is 23.1 Å². The van der Waals surface area contributed by atoms with Crippen LogP contribution in [0.3, 0.4) is 0 Å². The Hall–Kier alpha value is -2.34. The van der Waals surface area contributed by atoms with E-state index in [1.54, 1.807) is 12.4 Å². The van der Waals surface area contributed by atoms with E-state index in [0.717, 1.165) is 62.2 Å². The molecule has 1 amide bonds. The average molecular weight is 400 g/mol. The van der Waals surface area contributed by atoms with E-state index in [2.05, 4.69) is 32.8 Å². The second-order valence-electron chi connectivity index (χ2n) is 7.71. The van der Waals surface area contributed by atoms with Crippen LogP contribution in [0.4, 0.5) is 11.5 Å². The van der Waals surface area contributed by atoms with Crippen molar-refractivity contribution in [3.05, 3.63) is 47.4 Å². The third-order valence-electron chi connectivity index (χ3n) is 5.58. The quantitative estimate of drug-likeness (QED) is 0.792. The number of piperidine rings is 1. The smallest absolute Gasteiger partial charge is 0.274 e. The van der Waals surface area contributed by atoms with Crippen LogP contribution in [0.25, 0.3) is 0 Å². The van der Waals surface area contributed by atoms with Gasteiger partial charge in [-0.15, -0.1) is 0 Å². The van der Waals surface area contributed by atoms with Crippen LogP contribution in [0.1, 0.15) is 30.3 Å². The highest BCUT2D eigenvalue weighted by Gasteiger charge is 2.24. The zero-order chi connectivity index (χ0) is 19.5. The molecule has 2 aliphatic heterocycles. The molecule has 0 saturated carbocycles. The Balaban J connectivity index is 1.36. The zero-order valence-electron chi connectivity index (χ0n) is 16.2. The number of halogens is 1. The van der Waals surface area contributed by atoms with Crippen LogP contribution in [0.2, 0.25) is 5.02 Å². The van der Waals surface area contributed by atoms with Crippen molar-refractivity contribution < 1.29 is 4.79 Å². The molecule has 2 aliphatic rings. The zero-order valence-corrected chi connectivity index (χ0v) is 17.0. The van der Waals surface area contributed by atoms with E-state index >= 15 is 0 Å². The lowest BCUT2D eigenvalue weighted by atomic mass is 10.0. The van der Waals surface area contributed by atoms with E-state index in [0.29, 0.717) is 11.6 Å². The molecule has 2 fully saturated rings. The lowest BCUT2D eigenvalue weighted by Crippen LogP contribution is -2.47. The normalized spacial score (nSPS) is 20.4. The monoisotopic (exact) mass is 399 g/mol. The van der Waals surface area contributed by atoms with Gasteiger partial charge in [0.05, 0.1) is 12.4 Å². The van der Waals surface area contributed by atoms with Gasteiger partial charge in [0.2, 0.25) is 0 Å². The first-order valence-electron chi connectivity index (χ1n) is 9.97. The molecule has 1 unspecified atom stereocenters. The van der Waals surface area contributed by atoms with Gasteiger partial charge in [-0.1, -0.05) is 24.6 Å². The van der Waals surface area contributed by atoms with Crippen LogP contribution < -0.4 is 9.80 Å². The van der Waals surface area contributed by atoms with Crippen LogP contribution in [-0.4, -0.2) is 60.0 Å². The molecule has 148 valence electrons. The summed E-state index contributed by atoms with van der Waals surface area (Å²) in [6.07, 6.45) is 5.61. The molecule has 2 saturated heterocycles. The number of rotatable bonds is 3. The number of likely N-dealkylation sites (tertiary alicyclic amines) is 1. The molecule has 6 nitrogen and oxygen atoms in total. The Morgan fingerprint density at radius 1 is 1.07 bits per heavy atom. The molecular formula is C21H26ClN5O. The van der Waals surface area contributed by atoms with Gasteiger partial charge < -0.3 is 14.7 Å². The minimum atomic E-state index is -0.00336. The number of aromatic nitrogens is 2. The number of carbonyl (C=O) groups is 1. The number of hydrogen-bond donors (Lipinski definition) is 0. The summed E-state index contributed by atoms with van der Waals surface area (Å²) < 4.78 is 0. The van der Waals surface area contributed by atoms with Gasteiger partial charge in [0, 0.05) is 50.0 Å². The molecule has 1 atom stereocenters. The minimum absolute atomic E-state index is 0.00336. The molecule has 28 heavy (non-hydrogen) atoms. The van der Waals surface area contributed by atoms with E-state index in [9.17, 15) is 4.79 Å². The summed E-state index contributed by atoms with van der Waals surface area (Å²) >= 11 is 6.11. The van der Waals surface area contributed by atoms with E-state index in [-0.39, 0.29) is 5.91 Å². The molecule has 0 aliphatic carbocycles. The van der Waals surface area contributed by atoms with Crippen molar-refractivity contribution >= 4 is 29.0 Å². The number of piperazine rings is 1. The van der Waals surface area contributed by atoms with Crippen molar-refractivity contribution in [1.82, 2.24) is 14.9 Å². The number of carbonyl (C=O) groups excluding carboxylic acids is 1. The maximum absolute atomic E-state index is 12.7. The van der Waals surface area contributed by atoms with Crippen LogP contribution >= 0.6 is 11.6 Å². The van der Waals surface area contributed by atoms with Crippen LogP contribution in [0.5, 0.6) is 0 Å². The summed E-state index contributed by atoms with van der Waals surface area (Å²) in [5, 5.41) is 0.758. The summed E-state index contributed by atoms with van der Waals surface area (Å²) in [6, 6.07) is 7.96. The summed E-state index contributed by atoms with van der Waals surface area (Å²) in [4.78, 5) is 28.0. The second kappa shape index (κ2) is 8.35. The predicted molar refractivity (Wildman–Crippen MR) is 112 cm³/mol. The van der Waals surface area contributed by atoms with Crippen molar-refractivity contribution in [2.75, 3.05) is 49.1 Å². The van der Waals surface area contributed by atoms with Gasteiger partial charge in [0.25, 0.3) is 5.91 Å². The standard InChI is InChI=1S/C21H26ClN5O/c1-16-4-3-7-27(15-16)21(28)19-13-24-20(14-23-19)26-10-8-25(9-11-26)18-6-2-5-17(22)12-18/h2,5-6,12-14,16H,3-4,7-11,15H2,1H3. The topological polar surface area (TPSA) is 52.6 Å². The Kier molecular flexibility index (Phi) is 5.67.